The molecule has 0 amide bonds. The van der Waals surface area contributed by atoms with Gasteiger partial charge in [0.05, 0.1) is 12.7 Å². The van der Waals surface area contributed by atoms with Gasteiger partial charge < -0.3 is 9.84 Å². The molecule has 0 bridgehead atoms. The fourth-order valence-electron chi connectivity index (χ4n) is 2.18. The van der Waals surface area contributed by atoms with E-state index < -0.39 is 6.10 Å². The van der Waals surface area contributed by atoms with Crippen LogP contribution in [-0.4, -0.2) is 23.8 Å². The summed E-state index contributed by atoms with van der Waals surface area (Å²) >= 11 is 0. The molecule has 0 spiro atoms. The van der Waals surface area contributed by atoms with Crippen LogP contribution in [0.1, 0.15) is 71.6 Å². The number of aliphatic hydroxyl groups is 1. The summed E-state index contributed by atoms with van der Waals surface area (Å²) in [6, 6.07) is 0. The smallest absolute Gasteiger partial charge is 0.305 e. The van der Waals surface area contributed by atoms with Gasteiger partial charge in [-0.15, -0.1) is 0 Å². The SMILES string of the molecule is CCCCCC=CC=CC(O)CC=CCC=CCCCC(=O)OCC. The highest BCUT2D eigenvalue weighted by Crippen LogP contribution is 2.02. The number of aliphatic hydroxyl groups excluding tert-OH is 1. The molecule has 0 rings (SSSR count). The zero-order valence-electron chi connectivity index (χ0n) is 16.0. The van der Waals surface area contributed by atoms with Crippen LogP contribution in [0.4, 0.5) is 0 Å². The standard InChI is InChI=1S/C22H36O3/c1-3-5-6-7-9-12-15-18-21(23)19-16-13-10-8-11-14-17-20-22(24)25-4-2/h8-9,11-13,15-16,18,21,23H,3-7,10,14,17,19-20H2,1-2H3. The molecule has 1 atom stereocenters. The molecule has 142 valence electrons. The molecule has 0 aromatic carbocycles. The Labute approximate surface area is 154 Å². The van der Waals surface area contributed by atoms with Gasteiger partial charge in [-0.2, -0.15) is 0 Å². The average molecular weight is 349 g/mol. The van der Waals surface area contributed by atoms with Crippen molar-refractivity contribution < 1.29 is 14.6 Å². The van der Waals surface area contributed by atoms with Crippen LogP contribution in [0.2, 0.25) is 0 Å². The van der Waals surface area contributed by atoms with Crippen LogP contribution in [0.5, 0.6) is 0 Å². The molecule has 3 nitrogen and oxygen atoms in total. The van der Waals surface area contributed by atoms with Gasteiger partial charge in [0.25, 0.3) is 0 Å². The van der Waals surface area contributed by atoms with Crippen molar-refractivity contribution in [3.8, 4) is 0 Å². The number of carbonyl (C=O) groups is 1. The third kappa shape index (κ3) is 18.6. The summed E-state index contributed by atoms with van der Waals surface area (Å²) in [4.78, 5) is 11.1. The van der Waals surface area contributed by atoms with E-state index in [0.29, 0.717) is 19.4 Å². The molecule has 3 heteroatoms. The van der Waals surface area contributed by atoms with Crippen molar-refractivity contribution in [2.45, 2.75) is 77.7 Å². The maximum absolute atomic E-state index is 11.1. The van der Waals surface area contributed by atoms with Crippen LogP contribution in [0, 0.1) is 0 Å². The van der Waals surface area contributed by atoms with Gasteiger partial charge in [-0.05, 0) is 45.4 Å². The number of unbranched alkanes of at least 4 members (excludes halogenated alkanes) is 4. The molecule has 0 heterocycles. The van der Waals surface area contributed by atoms with Gasteiger partial charge in [-0.1, -0.05) is 68.4 Å². The molecule has 1 N–H and O–H groups in total. The Morgan fingerprint density at radius 2 is 1.72 bits per heavy atom. The molecule has 1 unspecified atom stereocenters. The van der Waals surface area contributed by atoms with Crippen molar-refractivity contribution in [2.75, 3.05) is 6.61 Å². The molecule has 0 fully saturated rings. The van der Waals surface area contributed by atoms with Gasteiger partial charge in [0.2, 0.25) is 0 Å². The van der Waals surface area contributed by atoms with Crippen LogP contribution in [0.15, 0.2) is 48.6 Å². The lowest BCUT2D eigenvalue weighted by Crippen LogP contribution is -2.02. The zero-order valence-corrected chi connectivity index (χ0v) is 16.0. The van der Waals surface area contributed by atoms with Crippen molar-refractivity contribution in [3.63, 3.8) is 0 Å². The predicted octanol–water partition coefficient (Wildman–Crippen LogP) is 5.67. The molecule has 0 aliphatic rings. The molecule has 25 heavy (non-hydrogen) atoms. The van der Waals surface area contributed by atoms with E-state index in [4.69, 9.17) is 4.74 Å². The summed E-state index contributed by atoms with van der Waals surface area (Å²) in [5.74, 6) is -0.117. The maximum atomic E-state index is 11.1. The van der Waals surface area contributed by atoms with Gasteiger partial charge in [-0.3, -0.25) is 4.79 Å². The summed E-state index contributed by atoms with van der Waals surface area (Å²) in [5.41, 5.74) is 0. The Morgan fingerprint density at radius 1 is 0.960 bits per heavy atom. The molecule has 0 aromatic rings. The largest absolute Gasteiger partial charge is 0.466 e. The third-order valence-corrected chi connectivity index (χ3v) is 3.59. The second kappa shape index (κ2) is 18.7. The number of carbonyl (C=O) groups excluding carboxylic acids is 1. The molecule has 0 saturated carbocycles. The van der Waals surface area contributed by atoms with E-state index in [1.807, 2.05) is 31.2 Å². The van der Waals surface area contributed by atoms with Gasteiger partial charge >= 0.3 is 5.97 Å². The van der Waals surface area contributed by atoms with Gasteiger partial charge in [0, 0.05) is 6.42 Å². The van der Waals surface area contributed by atoms with E-state index in [-0.39, 0.29) is 5.97 Å². The van der Waals surface area contributed by atoms with E-state index in [1.54, 1.807) is 0 Å². The van der Waals surface area contributed by atoms with Crippen LogP contribution >= 0.6 is 0 Å². The molecule has 0 saturated heterocycles. The summed E-state index contributed by atoms with van der Waals surface area (Å²) in [5, 5.41) is 9.82. The average Bonchev–Trinajstić information content (AvgIpc) is 2.59. The molecule has 0 radical (unpaired) electrons. The van der Waals surface area contributed by atoms with Gasteiger partial charge in [0.15, 0.2) is 0 Å². The third-order valence-electron chi connectivity index (χ3n) is 3.59. The Morgan fingerprint density at radius 3 is 2.48 bits per heavy atom. The number of esters is 1. The van der Waals surface area contributed by atoms with Crippen LogP contribution in [0.3, 0.4) is 0 Å². The van der Waals surface area contributed by atoms with E-state index >= 15 is 0 Å². The first-order valence-corrected chi connectivity index (χ1v) is 9.67. The molecule has 0 aromatic heterocycles. The highest BCUT2D eigenvalue weighted by atomic mass is 16.5. The number of ether oxygens (including phenoxy) is 1. The van der Waals surface area contributed by atoms with Crippen molar-refractivity contribution in [1.82, 2.24) is 0 Å². The van der Waals surface area contributed by atoms with Crippen molar-refractivity contribution in [2.24, 2.45) is 0 Å². The fourth-order valence-corrected chi connectivity index (χ4v) is 2.18. The summed E-state index contributed by atoms with van der Waals surface area (Å²) < 4.78 is 4.87. The lowest BCUT2D eigenvalue weighted by atomic mass is 10.2. The summed E-state index contributed by atoms with van der Waals surface area (Å²) in [6.07, 6.45) is 24.3. The first-order valence-electron chi connectivity index (χ1n) is 9.67. The highest BCUT2D eigenvalue weighted by molar-refractivity contribution is 5.69. The lowest BCUT2D eigenvalue weighted by molar-refractivity contribution is -0.143. The Balaban J connectivity index is 3.62. The van der Waals surface area contributed by atoms with Crippen molar-refractivity contribution >= 4 is 5.97 Å². The second-order valence-corrected chi connectivity index (χ2v) is 5.99. The van der Waals surface area contributed by atoms with Crippen molar-refractivity contribution in [1.29, 1.82) is 0 Å². The minimum atomic E-state index is -0.426. The summed E-state index contributed by atoms with van der Waals surface area (Å²) in [7, 11) is 0. The summed E-state index contributed by atoms with van der Waals surface area (Å²) in [6.45, 7) is 4.48. The monoisotopic (exact) mass is 348 g/mol. The maximum Gasteiger partial charge on any atom is 0.305 e. The first-order chi connectivity index (χ1) is 12.2. The van der Waals surface area contributed by atoms with Crippen LogP contribution in [0.25, 0.3) is 0 Å². The highest BCUT2D eigenvalue weighted by Gasteiger charge is 1.98. The normalized spacial score (nSPS) is 13.6. The van der Waals surface area contributed by atoms with Gasteiger partial charge in [-0.25, -0.2) is 0 Å². The Hall–Kier alpha value is -1.61. The van der Waals surface area contributed by atoms with Crippen molar-refractivity contribution in [3.05, 3.63) is 48.6 Å². The number of allylic oxidation sites excluding steroid dienone is 6. The molecule has 0 aliphatic carbocycles. The topological polar surface area (TPSA) is 46.5 Å². The Kier molecular flexibility index (Phi) is 17.5. The molecular formula is C22H36O3. The molecular weight excluding hydrogens is 312 g/mol. The number of hydrogen-bond acceptors (Lipinski definition) is 3. The van der Waals surface area contributed by atoms with E-state index in [0.717, 1.165) is 25.7 Å². The number of hydrogen-bond donors (Lipinski definition) is 1. The first kappa shape index (κ1) is 23.4. The zero-order chi connectivity index (χ0) is 18.6. The predicted molar refractivity (Wildman–Crippen MR) is 106 cm³/mol. The van der Waals surface area contributed by atoms with Gasteiger partial charge in [0.1, 0.15) is 0 Å². The fraction of sp³-hybridized carbons (Fsp3) is 0.591. The van der Waals surface area contributed by atoms with E-state index in [1.165, 1.54) is 19.3 Å². The molecule has 0 aliphatic heterocycles. The van der Waals surface area contributed by atoms with E-state index in [9.17, 15) is 9.90 Å². The minimum absolute atomic E-state index is 0.117. The lowest BCUT2D eigenvalue weighted by Gasteiger charge is -1.99. The second-order valence-electron chi connectivity index (χ2n) is 5.99. The minimum Gasteiger partial charge on any atom is -0.466 e. The quantitative estimate of drug-likeness (QED) is 0.180. The van der Waals surface area contributed by atoms with Crippen LogP contribution in [-0.2, 0) is 9.53 Å². The number of rotatable bonds is 15. The van der Waals surface area contributed by atoms with E-state index in [2.05, 4.69) is 31.2 Å². The Bertz CT molecular complexity index is 419. The van der Waals surface area contributed by atoms with Crippen LogP contribution < -0.4 is 0 Å².